The molecule has 0 aliphatic heterocycles. The molecule has 3 atom stereocenters. The van der Waals surface area contributed by atoms with E-state index in [0.29, 0.717) is 28.6 Å². The van der Waals surface area contributed by atoms with Gasteiger partial charge in [-0.1, -0.05) is 12.2 Å². The molecule has 0 saturated heterocycles. The molecule has 1 amide bonds. The van der Waals surface area contributed by atoms with E-state index in [1.54, 1.807) is 12.1 Å². The largest absolute Gasteiger partial charge is 0.378 e. The number of fused-ring (bicyclic) bond motifs is 2. The molecule has 1 aromatic rings. The van der Waals surface area contributed by atoms with E-state index in [1.807, 2.05) is 31.1 Å². The molecule has 0 spiro atoms. The minimum atomic E-state index is -0.202. The van der Waals surface area contributed by atoms with Crippen molar-refractivity contribution in [1.82, 2.24) is 16.2 Å². The smallest absolute Gasteiger partial charge is 0.269 e. The van der Waals surface area contributed by atoms with E-state index in [2.05, 4.69) is 28.3 Å². The summed E-state index contributed by atoms with van der Waals surface area (Å²) in [6, 6.07) is 7.79. The zero-order valence-electron chi connectivity index (χ0n) is 13.4. The van der Waals surface area contributed by atoms with Crippen molar-refractivity contribution < 1.29 is 4.79 Å². The summed E-state index contributed by atoms with van der Waals surface area (Å²) in [5.41, 5.74) is 7.08. The van der Waals surface area contributed by atoms with Crippen LogP contribution in [0.3, 0.4) is 0 Å². The molecule has 122 valence electrons. The number of nitrogens with zero attached hydrogens (tertiary/aromatic N) is 1. The molecule has 0 unspecified atom stereocenters. The molecule has 0 heterocycles. The van der Waals surface area contributed by atoms with Gasteiger partial charge in [0.25, 0.3) is 5.91 Å². The highest BCUT2D eigenvalue weighted by Crippen LogP contribution is 2.38. The Kier molecular flexibility index (Phi) is 4.52. The fourth-order valence-corrected chi connectivity index (χ4v) is 3.45. The average Bonchev–Trinajstić information content (AvgIpc) is 3.15. The van der Waals surface area contributed by atoms with Gasteiger partial charge in [0.2, 0.25) is 0 Å². The highest BCUT2D eigenvalue weighted by Gasteiger charge is 2.35. The molecule has 0 aromatic heterocycles. The third kappa shape index (κ3) is 3.64. The van der Waals surface area contributed by atoms with Crippen molar-refractivity contribution in [2.45, 2.75) is 18.9 Å². The summed E-state index contributed by atoms with van der Waals surface area (Å²) < 4.78 is 0. The average molecular weight is 330 g/mol. The summed E-state index contributed by atoms with van der Waals surface area (Å²) in [7, 11) is 3.93. The predicted octanol–water partition coefficient (Wildman–Crippen LogP) is 1.83. The van der Waals surface area contributed by atoms with E-state index in [1.165, 1.54) is 6.42 Å². The lowest BCUT2D eigenvalue weighted by molar-refractivity contribution is 0.0943. The highest BCUT2D eigenvalue weighted by atomic mass is 32.1. The first-order valence-corrected chi connectivity index (χ1v) is 8.26. The van der Waals surface area contributed by atoms with E-state index < -0.39 is 0 Å². The normalized spacial score (nSPS) is 24.3. The van der Waals surface area contributed by atoms with Gasteiger partial charge in [-0.25, -0.2) is 0 Å². The molecule has 0 radical (unpaired) electrons. The van der Waals surface area contributed by atoms with Gasteiger partial charge in [-0.05, 0) is 61.2 Å². The van der Waals surface area contributed by atoms with Crippen molar-refractivity contribution >= 4 is 28.9 Å². The molecular weight excluding hydrogens is 308 g/mol. The maximum absolute atomic E-state index is 12.1. The zero-order valence-corrected chi connectivity index (χ0v) is 14.2. The van der Waals surface area contributed by atoms with E-state index in [-0.39, 0.29) is 5.91 Å². The molecule has 5 nitrogen and oxygen atoms in total. The second-order valence-electron chi connectivity index (χ2n) is 6.38. The third-order valence-corrected chi connectivity index (χ3v) is 4.75. The van der Waals surface area contributed by atoms with Gasteiger partial charge in [-0.2, -0.15) is 0 Å². The summed E-state index contributed by atoms with van der Waals surface area (Å²) in [5.74, 6) is 1.05. The van der Waals surface area contributed by atoms with Crippen molar-refractivity contribution in [2.75, 3.05) is 19.0 Å². The molecule has 23 heavy (non-hydrogen) atoms. The SMILES string of the molecule is CN(C)c1ccc(C(=O)NNC(=S)N[C@@H]2C[C@H]3C=C[C@H]2C3)cc1. The predicted molar refractivity (Wildman–Crippen MR) is 96.2 cm³/mol. The van der Waals surface area contributed by atoms with Crippen LogP contribution in [-0.4, -0.2) is 31.2 Å². The van der Waals surface area contributed by atoms with Gasteiger partial charge in [0.1, 0.15) is 0 Å². The van der Waals surface area contributed by atoms with E-state index in [9.17, 15) is 4.79 Å². The number of carbonyl (C=O) groups excluding carboxylic acids is 1. The van der Waals surface area contributed by atoms with E-state index in [4.69, 9.17) is 12.2 Å². The van der Waals surface area contributed by atoms with Crippen molar-refractivity contribution in [3.63, 3.8) is 0 Å². The first-order chi connectivity index (χ1) is 11.0. The number of anilines is 1. The molecular formula is C17H22N4OS. The standard InChI is InChI=1S/C17H22N4OS/c1-21(2)14-7-5-12(6-8-14)16(22)19-20-17(23)18-15-10-11-3-4-13(15)9-11/h3-8,11,13,15H,9-10H2,1-2H3,(H,19,22)(H2,18,20,23)/t11-,13-,15+/m0/s1. The van der Waals surface area contributed by atoms with Crippen LogP contribution in [0.25, 0.3) is 0 Å². The number of hydrogen-bond donors (Lipinski definition) is 3. The number of amides is 1. The Morgan fingerprint density at radius 3 is 2.43 bits per heavy atom. The van der Waals surface area contributed by atoms with E-state index in [0.717, 1.165) is 12.1 Å². The van der Waals surface area contributed by atoms with Gasteiger partial charge < -0.3 is 10.2 Å². The Labute approximate surface area is 142 Å². The number of carbonyl (C=O) groups is 1. The quantitative estimate of drug-likeness (QED) is 0.448. The summed E-state index contributed by atoms with van der Waals surface area (Å²) in [4.78, 5) is 14.1. The van der Waals surface area contributed by atoms with Crippen LogP contribution in [-0.2, 0) is 0 Å². The molecule has 3 N–H and O–H groups in total. The summed E-state index contributed by atoms with van der Waals surface area (Å²) >= 11 is 5.26. The monoisotopic (exact) mass is 330 g/mol. The van der Waals surface area contributed by atoms with Crippen LogP contribution in [0.2, 0.25) is 0 Å². The van der Waals surface area contributed by atoms with Crippen LogP contribution in [0.5, 0.6) is 0 Å². The van der Waals surface area contributed by atoms with Crippen LogP contribution in [0, 0.1) is 11.8 Å². The Morgan fingerprint density at radius 1 is 1.13 bits per heavy atom. The summed E-state index contributed by atoms with van der Waals surface area (Å²) in [6.45, 7) is 0. The number of thiocarbonyl (C=S) groups is 1. The molecule has 1 fully saturated rings. The van der Waals surface area contributed by atoms with Crippen LogP contribution in [0.4, 0.5) is 5.69 Å². The van der Waals surface area contributed by atoms with Crippen LogP contribution >= 0.6 is 12.2 Å². The summed E-state index contributed by atoms with van der Waals surface area (Å²) in [5, 5.41) is 3.76. The number of rotatable bonds is 3. The van der Waals surface area contributed by atoms with E-state index >= 15 is 0 Å². The minimum Gasteiger partial charge on any atom is -0.378 e. The molecule has 3 rings (SSSR count). The van der Waals surface area contributed by atoms with Gasteiger partial charge in [0.15, 0.2) is 5.11 Å². The highest BCUT2D eigenvalue weighted by molar-refractivity contribution is 7.80. The molecule has 1 saturated carbocycles. The molecule has 2 bridgehead atoms. The Hall–Kier alpha value is -2.08. The van der Waals surface area contributed by atoms with Gasteiger partial charge in [0, 0.05) is 31.4 Å². The lowest BCUT2D eigenvalue weighted by atomic mass is 10.0. The van der Waals surface area contributed by atoms with Crippen molar-refractivity contribution in [1.29, 1.82) is 0 Å². The summed E-state index contributed by atoms with van der Waals surface area (Å²) in [6.07, 6.45) is 6.88. The Bertz CT molecular complexity index is 626. The van der Waals surface area contributed by atoms with Crippen LogP contribution < -0.4 is 21.1 Å². The maximum atomic E-state index is 12.1. The van der Waals surface area contributed by atoms with Crippen molar-refractivity contribution in [3.8, 4) is 0 Å². The fourth-order valence-electron chi connectivity index (χ4n) is 3.25. The van der Waals surface area contributed by atoms with Crippen LogP contribution in [0.1, 0.15) is 23.2 Å². The lowest BCUT2D eigenvalue weighted by Crippen LogP contribution is -2.50. The second-order valence-corrected chi connectivity index (χ2v) is 6.79. The number of allylic oxidation sites excluding steroid dienone is 1. The van der Waals surface area contributed by atoms with Gasteiger partial charge in [0.05, 0.1) is 0 Å². The first kappa shape index (κ1) is 15.8. The molecule has 2 aliphatic rings. The molecule has 6 heteroatoms. The minimum absolute atomic E-state index is 0.202. The topological polar surface area (TPSA) is 56.4 Å². The third-order valence-electron chi connectivity index (χ3n) is 4.53. The zero-order chi connectivity index (χ0) is 16.4. The Morgan fingerprint density at radius 2 is 1.87 bits per heavy atom. The number of hydrogen-bond acceptors (Lipinski definition) is 3. The van der Waals surface area contributed by atoms with Gasteiger partial charge >= 0.3 is 0 Å². The number of benzene rings is 1. The first-order valence-electron chi connectivity index (χ1n) is 7.85. The van der Waals surface area contributed by atoms with Crippen molar-refractivity contribution in [2.24, 2.45) is 11.8 Å². The number of nitrogens with one attached hydrogen (secondary N) is 3. The molecule has 1 aromatic carbocycles. The van der Waals surface area contributed by atoms with Crippen LogP contribution in [0.15, 0.2) is 36.4 Å². The van der Waals surface area contributed by atoms with Crippen molar-refractivity contribution in [3.05, 3.63) is 42.0 Å². The molecule has 2 aliphatic carbocycles. The van der Waals surface area contributed by atoms with Gasteiger partial charge in [-0.15, -0.1) is 0 Å². The second kappa shape index (κ2) is 6.58. The lowest BCUT2D eigenvalue weighted by Gasteiger charge is -2.22. The Balaban J connectivity index is 1.46. The fraction of sp³-hybridized carbons (Fsp3) is 0.412. The number of hydrazine groups is 1. The maximum Gasteiger partial charge on any atom is 0.269 e. The van der Waals surface area contributed by atoms with Gasteiger partial charge in [-0.3, -0.25) is 15.6 Å².